The molecule has 18 heavy (non-hydrogen) atoms. The van der Waals surface area contributed by atoms with Crippen LogP contribution < -0.4 is 5.73 Å². The molecule has 0 amide bonds. The Hall–Kier alpha value is -1.76. The number of nitrogens with two attached hydrogens (primary N) is 1. The molecule has 0 unspecified atom stereocenters. The number of aromatic nitrogens is 2. The summed E-state index contributed by atoms with van der Waals surface area (Å²) in [6.45, 7) is 0. The zero-order chi connectivity index (χ0) is 13.2. The Kier molecular flexibility index (Phi) is 3.42. The van der Waals surface area contributed by atoms with Gasteiger partial charge in [0, 0.05) is 23.0 Å². The van der Waals surface area contributed by atoms with Gasteiger partial charge >= 0.3 is 6.18 Å². The highest BCUT2D eigenvalue weighted by atomic mass is 32.2. The molecule has 7 heteroatoms. The van der Waals surface area contributed by atoms with E-state index in [1.54, 1.807) is 0 Å². The van der Waals surface area contributed by atoms with E-state index in [1.807, 2.05) is 0 Å². The van der Waals surface area contributed by atoms with Crippen molar-refractivity contribution in [3.8, 4) is 0 Å². The Morgan fingerprint density at radius 1 is 1.17 bits per heavy atom. The van der Waals surface area contributed by atoms with E-state index in [9.17, 15) is 13.2 Å². The Morgan fingerprint density at radius 3 is 2.50 bits per heavy atom. The van der Waals surface area contributed by atoms with Gasteiger partial charge in [-0.05, 0) is 18.2 Å². The maximum absolute atomic E-state index is 12.4. The van der Waals surface area contributed by atoms with Crippen LogP contribution in [-0.2, 0) is 6.18 Å². The van der Waals surface area contributed by atoms with Crippen LogP contribution in [0.1, 0.15) is 5.56 Å². The van der Waals surface area contributed by atoms with E-state index < -0.39 is 11.7 Å². The van der Waals surface area contributed by atoms with Gasteiger partial charge in [-0.15, -0.1) is 0 Å². The summed E-state index contributed by atoms with van der Waals surface area (Å²) in [5.74, 6) is 0. The average Bonchev–Trinajstić information content (AvgIpc) is 2.32. The number of hydrogen-bond acceptors (Lipinski definition) is 4. The number of anilines is 1. The molecule has 0 aliphatic carbocycles. The molecule has 3 nitrogen and oxygen atoms in total. The van der Waals surface area contributed by atoms with Crippen molar-refractivity contribution in [2.45, 2.75) is 16.1 Å². The van der Waals surface area contributed by atoms with E-state index >= 15 is 0 Å². The molecule has 0 fully saturated rings. The van der Waals surface area contributed by atoms with Crippen LogP contribution in [0, 0.1) is 0 Å². The van der Waals surface area contributed by atoms with Crippen LogP contribution in [0.4, 0.5) is 18.9 Å². The maximum Gasteiger partial charge on any atom is 0.416 e. The van der Waals surface area contributed by atoms with Crippen molar-refractivity contribution >= 4 is 17.4 Å². The molecule has 1 aromatic heterocycles. The van der Waals surface area contributed by atoms with Gasteiger partial charge in [0.2, 0.25) is 0 Å². The second-order valence-corrected chi connectivity index (χ2v) is 4.46. The molecule has 1 heterocycles. The fourth-order valence-corrected chi connectivity index (χ4v) is 2.03. The summed E-state index contributed by atoms with van der Waals surface area (Å²) in [6.07, 6.45) is 0.147. The van der Waals surface area contributed by atoms with Crippen LogP contribution in [0.3, 0.4) is 0 Å². The first-order valence-corrected chi connectivity index (χ1v) is 5.69. The normalized spacial score (nSPS) is 11.5. The van der Waals surface area contributed by atoms with Gasteiger partial charge in [0.25, 0.3) is 0 Å². The zero-order valence-corrected chi connectivity index (χ0v) is 9.79. The molecule has 0 saturated carbocycles. The Morgan fingerprint density at radius 2 is 1.94 bits per heavy atom. The highest BCUT2D eigenvalue weighted by molar-refractivity contribution is 7.99. The van der Waals surface area contributed by atoms with E-state index in [1.165, 1.54) is 36.4 Å². The van der Waals surface area contributed by atoms with Crippen LogP contribution in [0.5, 0.6) is 0 Å². The molecule has 1 aromatic carbocycles. The van der Waals surface area contributed by atoms with E-state index in [-0.39, 0.29) is 5.69 Å². The van der Waals surface area contributed by atoms with Crippen molar-refractivity contribution in [1.82, 2.24) is 9.97 Å². The number of alkyl halides is 3. The molecular formula is C11H8F3N3S. The van der Waals surface area contributed by atoms with Crippen molar-refractivity contribution in [2.75, 3.05) is 5.73 Å². The summed E-state index contributed by atoms with van der Waals surface area (Å²) in [5.41, 5.74) is 4.91. The van der Waals surface area contributed by atoms with Gasteiger partial charge in [-0.3, -0.25) is 4.98 Å². The summed E-state index contributed by atoms with van der Waals surface area (Å²) in [5, 5.41) is 0.573. The van der Waals surface area contributed by atoms with Crippen LogP contribution in [0.15, 0.2) is 46.7 Å². The second-order valence-electron chi connectivity index (χ2n) is 3.40. The average molecular weight is 271 g/mol. The first-order valence-electron chi connectivity index (χ1n) is 4.87. The SMILES string of the molecule is Nc1cc(C(F)(F)F)ccc1Sc1cnccn1. The number of hydrogen-bond donors (Lipinski definition) is 1. The van der Waals surface area contributed by atoms with E-state index in [4.69, 9.17) is 5.73 Å². The summed E-state index contributed by atoms with van der Waals surface area (Å²) >= 11 is 1.17. The fraction of sp³-hybridized carbons (Fsp3) is 0.0909. The largest absolute Gasteiger partial charge is 0.416 e. The third-order valence-electron chi connectivity index (χ3n) is 2.09. The lowest BCUT2D eigenvalue weighted by Crippen LogP contribution is -2.05. The summed E-state index contributed by atoms with van der Waals surface area (Å²) in [4.78, 5) is 8.39. The highest BCUT2D eigenvalue weighted by Crippen LogP contribution is 2.36. The van der Waals surface area contributed by atoms with Gasteiger partial charge in [-0.1, -0.05) is 11.8 Å². The minimum atomic E-state index is -4.39. The number of benzene rings is 1. The number of nitrogen functional groups attached to an aromatic ring is 1. The molecule has 0 radical (unpaired) electrons. The fourth-order valence-electron chi connectivity index (χ4n) is 1.27. The van der Waals surface area contributed by atoms with Gasteiger partial charge < -0.3 is 5.73 Å². The van der Waals surface area contributed by atoms with E-state index in [0.29, 0.717) is 9.92 Å². The monoisotopic (exact) mass is 271 g/mol. The lowest BCUT2D eigenvalue weighted by molar-refractivity contribution is -0.137. The third kappa shape index (κ3) is 2.92. The van der Waals surface area contributed by atoms with Crippen LogP contribution in [0.25, 0.3) is 0 Å². The molecular weight excluding hydrogens is 263 g/mol. The molecule has 94 valence electrons. The number of halogens is 3. The molecule has 2 aromatic rings. The molecule has 0 aliphatic heterocycles. The van der Waals surface area contributed by atoms with Crippen molar-refractivity contribution in [2.24, 2.45) is 0 Å². The number of nitrogens with zero attached hydrogens (tertiary/aromatic N) is 2. The molecule has 0 spiro atoms. The minimum absolute atomic E-state index is 0.0699. The van der Waals surface area contributed by atoms with Gasteiger partial charge in [0.05, 0.1) is 11.8 Å². The highest BCUT2D eigenvalue weighted by Gasteiger charge is 2.30. The van der Waals surface area contributed by atoms with E-state index in [2.05, 4.69) is 9.97 Å². The van der Waals surface area contributed by atoms with Crippen LogP contribution in [-0.4, -0.2) is 9.97 Å². The number of rotatable bonds is 2. The quantitative estimate of drug-likeness (QED) is 0.852. The van der Waals surface area contributed by atoms with E-state index in [0.717, 1.165) is 12.1 Å². The molecule has 2 rings (SSSR count). The first-order chi connectivity index (χ1) is 8.47. The third-order valence-corrected chi connectivity index (χ3v) is 3.10. The standard InChI is InChI=1S/C11H8F3N3S/c12-11(13,14)7-1-2-9(8(15)5-7)18-10-6-16-3-4-17-10/h1-6H,15H2. The van der Waals surface area contributed by atoms with Gasteiger partial charge in [0.1, 0.15) is 5.03 Å². The Labute approximate surface area is 105 Å². The predicted molar refractivity (Wildman–Crippen MR) is 62.0 cm³/mol. The predicted octanol–water partition coefficient (Wildman–Crippen LogP) is 3.23. The lowest BCUT2D eigenvalue weighted by Gasteiger charge is -2.10. The van der Waals surface area contributed by atoms with Gasteiger partial charge in [0.15, 0.2) is 0 Å². The van der Waals surface area contributed by atoms with Crippen LogP contribution >= 0.6 is 11.8 Å². The summed E-state index contributed by atoms with van der Waals surface area (Å²) in [7, 11) is 0. The molecule has 0 saturated heterocycles. The molecule has 0 atom stereocenters. The van der Waals surface area contributed by atoms with Gasteiger partial charge in [-0.2, -0.15) is 13.2 Å². The first kappa shape index (κ1) is 12.7. The second kappa shape index (κ2) is 4.85. The zero-order valence-electron chi connectivity index (χ0n) is 8.98. The smallest absolute Gasteiger partial charge is 0.398 e. The Bertz CT molecular complexity index is 543. The van der Waals surface area contributed by atoms with Crippen molar-refractivity contribution in [3.63, 3.8) is 0 Å². The van der Waals surface area contributed by atoms with Crippen molar-refractivity contribution in [3.05, 3.63) is 42.4 Å². The molecule has 0 aliphatic rings. The molecule has 0 bridgehead atoms. The van der Waals surface area contributed by atoms with Crippen molar-refractivity contribution in [1.29, 1.82) is 0 Å². The lowest BCUT2D eigenvalue weighted by atomic mass is 10.2. The summed E-state index contributed by atoms with van der Waals surface area (Å²) in [6, 6.07) is 3.24. The topological polar surface area (TPSA) is 51.8 Å². The Balaban J connectivity index is 2.26. The summed E-state index contributed by atoms with van der Waals surface area (Å²) < 4.78 is 37.3. The van der Waals surface area contributed by atoms with Gasteiger partial charge in [-0.25, -0.2) is 4.98 Å². The van der Waals surface area contributed by atoms with Crippen LogP contribution in [0.2, 0.25) is 0 Å². The minimum Gasteiger partial charge on any atom is -0.398 e. The maximum atomic E-state index is 12.4. The van der Waals surface area contributed by atoms with Crippen molar-refractivity contribution < 1.29 is 13.2 Å². The molecule has 2 N–H and O–H groups in total.